The molecule has 1 aliphatic heterocycles. The molecule has 0 spiro atoms. The van der Waals surface area contributed by atoms with E-state index in [2.05, 4.69) is 40.7 Å². The minimum Gasteiger partial charge on any atom is -0.478 e. The van der Waals surface area contributed by atoms with Crippen molar-refractivity contribution >= 4 is 33.7 Å². The normalized spacial score (nSPS) is 18.4. The molecule has 1 N–H and O–H groups in total. The lowest BCUT2D eigenvalue weighted by Crippen LogP contribution is -2.37. The number of carboxylic acid groups (broad SMARTS) is 1. The van der Waals surface area contributed by atoms with Crippen LogP contribution in [0.25, 0.3) is 6.08 Å². The number of benzene rings is 1. The van der Waals surface area contributed by atoms with Crippen LogP contribution in [0.4, 0.5) is 5.69 Å². The summed E-state index contributed by atoms with van der Waals surface area (Å²) in [5, 5.41) is 8.79. The van der Waals surface area contributed by atoms with Gasteiger partial charge in [-0.2, -0.15) is 0 Å². The summed E-state index contributed by atoms with van der Waals surface area (Å²) in [4.78, 5) is 13.0. The molecule has 108 valence electrons. The molecule has 1 heterocycles. The summed E-state index contributed by atoms with van der Waals surface area (Å²) in [6.45, 7) is 6.63. The lowest BCUT2D eigenvalue weighted by atomic mass is 9.82. The standard InChI is InChI=1S/C16H20BrNO2/c1-16(2)7-9-18(10-8-16)14-11-13(17)5-3-12(14)4-6-15(19)20/h3-6,11H,7-10H2,1-2H3,(H,19,20). The molecule has 0 radical (unpaired) electrons. The number of aliphatic carboxylic acids is 1. The second-order valence-corrected chi connectivity index (χ2v) is 6.94. The first-order valence-corrected chi connectivity index (χ1v) is 7.62. The molecule has 0 unspecified atom stereocenters. The smallest absolute Gasteiger partial charge is 0.328 e. The van der Waals surface area contributed by atoms with Gasteiger partial charge in [0.2, 0.25) is 0 Å². The van der Waals surface area contributed by atoms with Crippen LogP contribution in [0, 0.1) is 5.41 Å². The van der Waals surface area contributed by atoms with E-state index < -0.39 is 5.97 Å². The Morgan fingerprint density at radius 2 is 2.00 bits per heavy atom. The monoisotopic (exact) mass is 337 g/mol. The Hall–Kier alpha value is -1.29. The maximum absolute atomic E-state index is 10.7. The van der Waals surface area contributed by atoms with Crippen molar-refractivity contribution in [3.05, 3.63) is 34.3 Å². The number of rotatable bonds is 3. The van der Waals surface area contributed by atoms with E-state index in [0.717, 1.165) is 41.7 Å². The Kier molecular flexibility index (Phi) is 4.53. The first-order valence-electron chi connectivity index (χ1n) is 6.83. The van der Waals surface area contributed by atoms with Gasteiger partial charge in [0, 0.05) is 29.3 Å². The van der Waals surface area contributed by atoms with Gasteiger partial charge in [0.05, 0.1) is 0 Å². The van der Waals surface area contributed by atoms with Crippen LogP contribution < -0.4 is 4.90 Å². The van der Waals surface area contributed by atoms with E-state index in [1.54, 1.807) is 6.08 Å². The fraction of sp³-hybridized carbons (Fsp3) is 0.438. The summed E-state index contributed by atoms with van der Waals surface area (Å²) in [6.07, 6.45) is 5.17. The lowest BCUT2D eigenvalue weighted by Gasteiger charge is -2.38. The third-order valence-electron chi connectivity index (χ3n) is 3.86. The Morgan fingerprint density at radius 3 is 2.60 bits per heavy atom. The van der Waals surface area contributed by atoms with Crippen LogP contribution in [0.3, 0.4) is 0 Å². The summed E-state index contributed by atoms with van der Waals surface area (Å²) in [7, 11) is 0. The first-order chi connectivity index (χ1) is 9.37. The van der Waals surface area contributed by atoms with Gasteiger partial charge in [0.15, 0.2) is 0 Å². The second kappa shape index (κ2) is 6.00. The zero-order valence-corrected chi connectivity index (χ0v) is 13.5. The molecule has 20 heavy (non-hydrogen) atoms. The Labute approximate surface area is 128 Å². The second-order valence-electron chi connectivity index (χ2n) is 6.03. The lowest BCUT2D eigenvalue weighted by molar-refractivity contribution is -0.131. The largest absolute Gasteiger partial charge is 0.478 e. The molecule has 2 rings (SSSR count). The highest BCUT2D eigenvalue weighted by Gasteiger charge is 2.26. The SMILES string of the molecule is CC1(C)CCN(c2cc(Br)ccc2C=CC(=O)O)CC1. The van der Waals surface area contributed by atoms with Crippen LogP contribution in [0.1, 0.15) is 32.3 Å². The average molecular weight is 338 g/mol. The molecule has 0 aromatic heterocycles. The molecule has 3 nitrogen and oxygen atoms in total. The number of carbonyl (C=O) groups is 1. The van der Waals surface area contributed by atoms with Crippen molar-refractivity contribution in [1.82, 2.24) is 0 Å². The molecule has 0 aliphatic carbocycles. The van der Waals surface area contributed by atoms with Crippen LogP contribution in [-0.2, 0) is 4.79 Å². The van der Waals surface area contributed by atoms with Gasteiger partial charge in [-0.25, -0.2) is 4.79 Å². The van der Waals surface area contributed by atoms with Crippen LogP contribution in [0.15, 0.2) is 28.7 Å². The van der Waals surface area contributed by atoms with Gasteiger partial charge in [-0.15, -0.1) is 0 Å². The summed E-state index contributed by atoms with van der Waals surface area (Å²) in [6, 6.07) is 5.97. The fourth-order valence-corrected chi connectivity index (χ4v) is 2.79. The molecule has 0 amide bonds. The van der Waals surface area contributed by atoms with E-state index in [4.69, 9.17) is 5.11 Å². The maximum atomic E-state index is 10.7. The molecule has 1 aliphatic rings. The number of piperidine rings is 1. The predicted octanol–water partition coefficient (Wildman–Crippen LogP) is 4.17. The highest BCUT2D eigenvalue weighted by molar-refractivity contribution is 9.10. The quantitative estimate of drug-likeness (QED) is 0.841. The minimum atomic E-state index is -0.918. The third-order valence-corrected chi connectivity index (χ3v) is 4.35. The minimum absolute atomic E-state index is 0.402. The Morgan fingerprint density at radius 1 is 1.35 bits per heavy atom. The number of anilines is 1. The number of hydrogen-bond acceptors (Lipinski definition) is 2. The van der Waals surface area contributed by atoms with Crippen molar-refractivity contribution in [2.24, 2.45) is 5.41 Å². The van der Waals surface area contributed by atoms with E-state index in [1.165, 1.54) is 6.08 Å². The Bertz CT molecular complexity index is 527. The summed E-state index contributed by atoms with van der Waals surface area (Å²) >= 11 is 3.50. The molecule has 1 aromatic carbocycles. The number of hydrogen-bond donors (Lipinski definition) is 1. The predicted molar refractivity (Wildman–Crippen MR) is 86.0 cm³/mol. The number of nitrogens with zero attached hydrogens (tertiary/aromatic N) is 1. The van der Waals surface area contributed by atoms with Crippen LogP contribution in [-0.4, -0.2) is 24.2 Å². The van der Waals surface area contributed by atoms with Gasteiger partial charge < -0.3 is 10.0 Å². The van der Waals surface area contributed by atoms with E-state index in [1.807, 2.05) is 12.1 Å². The van der Waals surface area contributed by atoms with Gasteiger partial charge in [-0.05, 0) is 42.0 Å². The highest BCUT2D eigenvalue weighted by atomic mass is 79.9. The summed E-state index contributed by atoms with van der Waals surface area (Å²) < 4.78 is 1.02. The molecule has 1 saturated heterocycles. The maximum Gasteiger partial charge on any atom is 0.328 e. The molecule has 1 fully saturated rings. The third kappa shape index (κ3) is 3.85. The average Bonchev–Trinajstić information content (AvgIpc) is 2.37. The molecular formula is C16H20BrNO2. The van der Waals surface area contributed by atoms with E-state index >= 15 is 0 Å². The van der Waals surface area contributed by atoms with Gasteiger partial charge >= 0.3 is 5.97 Å². The summed E-state index contributed by atoms with van der Waals surface area (Å²) in [5.74, 6) is -0.918. The van der Waals surface area contributed by atoms with Crippen LogP contribution >= 0.6 is 15.9 Å². The van der Waals surface area contributed by atoms with Crippen molar-refractivity contribution in [2.45, 2.75) is 26.7 Å². The van der Waals surface area contributed by atoms with Crippen molar-refractivity contribution in [3.63, 3.8) is 0 Å². The van der Waals surface area contributed by atoms with Gasteiger partial charge in [0.25, 0.3) is 0 Å². The van der Waals surface area contributed by atoms with E-state index in [9.17, 15) is 4.79 Å². The van der Waals surface area contributed by atoms with Crippen LogP contribution in [0.2, 0.25) is 0 Å². The van der Waals surface area contributed by atoms with E-state index in [-0.39, 0.29) is 0 Å². The zero-order valence-electron chi connectivity index (χ0n) is 11.9. The Balaban J connectivity index is 2.26. The summed E-state index contributed by atoms with van der Waals surface area (Å²) in [5.41, 5.74) is 2.46. The topological polar surface area (TPSA) is 40.5 Å². The highest BCUT2D eigenvalue weighted by Crippen LogP contribution is 2.34. The van der Waals surface area contributed by atoms with Crippen molar-refractivity contribution < 1.29 is 9.90 Å². The molecular weight excluding hydrogens is 318 g/mol. The molecule has 0 atom stereocenters. The van der Waals surface area contributed by atoms with Crippen LogP contribution in [0.5, 0.6) is 0 Å². The van der Waals surface area contributed by atoms with Crippen molar-refractivity contribution in [1.29, 1.82) is 0 Å². The van der Waals surface area contributed by atoms with Gasteiger partial charge in [-0.3, -0.25) is 0 Å². The van der Waals surface area contributed by atoms with Gasteiger partial charge in [0.1, 0.15) is 0 Å². The molecule has 4 heteroatoms. The fourth-order valence-electron chi connectivity index (χ4n) is 2.45. The van der Waals surface area contributed by atoms with Gasteiger partial charge in [-0.1, -0.05) is 35.8 Å². The molecule has 0 bridgehead atoms. The molecule has 1 aromatic rings. The van der Waals surface area contributed by atoms with Crippen molar-refractivity contribution in [2.75, 3.05) is 18.0 Å². The zero-order chi connectivity index (χ0) is 14.8. The van der Waals surface area contributed by atoms with E-state index in [0.29, 0.717) is 5.41 Å². The number of carboxylic acids is 1. The van der Waals surface area contributed by atoms with Crippen molar-refractivity contribution in [3.8, 4) is 0 Å². The number of halogens is 1. The first kappa shape index (κ1) is 15.1. The molecule has 0 saturated carbocycles.